The molecule has 0 radical (unpaired) electrons. The summed E-state index contributed by atoms with van der Waals surface area (Å²) in [7, 11) is 4.59. The first-order valence-corrected chi connectivity index (χ1v) is 15.9. The Hall–Kier alpha value is -3.75. The maximum Gasteiger partial charge on any atom is 0.251 e. The Morgan fingerprint density at radius 3 is 2.07 bits per heavy atom. The average molecular weight is 591 g/mol. The van der Waals surface area contributed by atoms with E-state index in [1.165, 1.54) is 59.9 Å². The van der Waals surface area contributed by atoms with E-state index in [1.807, 2.05) is 18.2 Å². The van der Waals surface area contributed by atoms with Gasteiger partial charge in [0.1, 0.15) is 12.4 Å². The lowest BCUT2D eigenvalue weighted by atomic mass is 9.88. The van der Waals surface area contributed by atoms with Gasteiger partial charge < -0.3 is 29.0 Å². The second kappa shape index (κ2) is 14.6. The number of benzene rings is 2. The van der Waals surface area contributed by atoms with Crippen molar-refractivity contribution in [2.75, 3.05) is 27.9 Å². The van der Waals surface area contributed by atoms with Crippen molar-refractivity contribution < 1.29 is 23.8 Å². The fourth-order valence-corrected chi connectivity index (χ4v) is 6.90. The highest BCUT2D eigenvalue weighted by Gasteiger charge is 2.33. The van der Waals surface area contributed by atoms with Crippen LogP contribution in [0, 0.1) is 0 Å². The second-order valence-corrected chi connectivity index (χ2v) is 11.8. The van der Waals surface area contributed by atoms with Crippen LogP contribution in [0.4, 0.5) is 0 Å². The predicted octanol–water partition coefficient (Wildman–Crippen LogP) is 5.92. The number of imidazole rings is 1. The Morgan fingerprint density at radius 1 is 0.884 bits per heavy atom. The van der Waals surface area contributed by atoms with Crippen LogP contribution in [0.15, 0.2) is 36.4 Å². The van der Waals surface area contributed by atoms with Crippen LogP contribution in [-0.4, -0.2) is 66.2 Å². The molecule has 2 aromatic carbocycles. The van der Waals surface area contributed by atoms with E-state index in [0.717, 1.165) is 42.5 Å². The van der Waals surface area contributed by atoms with Gasteiger partial charge in [0.05, 0.1) is 32.4 Å². The smallest absolute Gasteiger partial charge is 0.251 e. The van der Waals surface area contributed by atoms with E-state index >= 15 is 0 Å². The van der Waals surface area contributed by atoms with Crippen LogP contribution in [0.1, 0.15) is 86.8 Å². The third-order valence-corrected chi connectivity index (χ3v) is 9.04. The number of fused-ring (bicyclic) bond motifs is 1. The minimum Gasteiger partial charge on any atom is -0.493 e. The summed E-state index contributed by atoms with van der Waals surface area (Å²) in [5.41, 5.74) is 2.31. The minimum absolute atomic E-state index is 0.221. The molecule has 0 aliphatic heterocycles. The number of rotatable bonds is 12. The highest BCUT2D eigenvalue weighted by atomic mass is 16.5. The first-order valence-electron chi connectivity index (χ1n) is 15.9. The number of hydrogen-bond donors (Lipinski definition) is 1. The topological polar surface area (TPSA) is 94.9 Å². The van der Waals surface area contributed by atoms with Crippen molar-refractivity contribution in [3.8, 4) is 17.2 Å². The van der Waals surface area contributed by atoms with Gasteiger partial charge in [0.25, 0.3) is 5.91 Å². The zero-order chi connectivity index (χ0) is 30.2. The Kier molecular flexibility index (Phi) is 10.4. The molecule has 0 spiro atoms. The van der Waals surface area contributed by atoms with Crippen molar-refractivity contribution in [1.29, 1.82) is 0 Å². The Bertz CT molecular complexity index is 1350. The van der Waals surface area contributed by atoms with Gasteiger partial charge in [-0.1, -0.05) is 50.7 Å². The molecule has 43 heavy (non-hydrogen) atoms. The third kappa shape index (κ3) is 7.08. The molecule has 0 unspecified atom stereocenters. The van der Waals surface area contributed by atoms with Crippen LogP contribution in [0.5, 0.6) is 17.2 Å². The largest absolute Gasteiger partial charge is 0.493 e. The van der Waals surface area contributed by atoms with E-state index in [9.17, 15) is 9.59 Å². The lowest BCUT2D eigenvalue weighted by molar-refractivity contribution is -0.138. The highest BCUT2D eigenvalue weighted by Crippen LogP contribution is 2.38. The number of amides is 2. The zero-order valence-electron chi connectivity index (χ0n) is 25.9. The Morgan fingerprint density at radius 2 is 1.49 bits per heavy atom. The Balaban J connectivity index is 1.28. The fraction of sp³-hybridized carbons (Fsp3) is 0.559. The third-order valence-electron chi connectivity index (χ3n) is 9.04. The molecule has 2 amide bonds. The van der Waals surface area contributed by atoms with Crippen LogP contribution < -0.4 is 19.5 Å². The average Bonchev–Trinajstić information content (AvgIpc) is 3.40. The van der Waals surface area contributed by atoms with Gasteiger partial charge in [-0.25, -0.2) is 4.98 Å². The molecule has 232 valence electrons. The number of nitrogens with zero attached hydrogens (tertiary/aromatic N) is 3. The van der Waals surface area contributed by atoms with E-state index in [2.05, 4.69) is 20.9 Å². The first kappa shape index (κ1) is 30.7. The molecule has 9 nitrogen and oxygen atoms in total. The van der Waals surface area contributed by atoms with Crippen molar-refractivity contribution in [2.24, 2.45) is 0 Å². The molecule has 2 saturated carbocycles. The summed E-state index contributed by atoms with van der Waals surface area (Å²) in [6.45, 7) is 0.767. The molecule has 2 aliphatic carbocycles. The summed E-state index contributed by atoms with van der Waals surface area (Å²) in [4.78, 5) is 34.3. The number of hydrogen-bond acceptors (Lipinski definition) is 6. The van der Waals surface area contributed by atoms with Crippen molar-refractivity contribution in [1.82, 2.24) is 19.8 Å². The van der Waals surface area contributed by atoms with E-state index in [4.69, 9.17) is 19.2 Å². The van der Waals surface area contributed by atoms with Crippen LogP contribution in [0.25, 0.3) is 11.0 Å². The number of methoxy groups -OCH3 is 3. The van der Waals surface area contributed by atoms with Crippen molar-refractivity contribution >= 4 is 22.8 Å². The van der Waals surface area contributed by atoms with Crippen molar-refractivity contribution in [3.05, 3.63) is 47.8 Å². The van der Waals surface area contributed by atoms with Crippen LogP contribution in [0.2, 0.25) is 0 Å². The maximum absolute atomic E-state index is 14.1. The first-order chi connectivity index (χ1) is 21.0. The number of aryl methyl sites for hydroxylation is 1. The normalized spacial score (nSPS) is 16.2. The number of ether oxygens (including phenoxy) is 3. The number of carbonyl (C=O) groups is 2. The maximum atomic E-state index is 14.1. The molecule has 9 heteroatoms. The van der Waals surface area contributed by atoms with E-state index in [1.54, 1.807) is 12.1 Å². The van der Waals surface area contributed by atoms with Gasteiger partial charge in [-0.05, 0) is 56.4 Å². The molecule has 0 saturated heterocycles. The van der Waals surface area contributed by atoms with Gasteiger partial charge >= 0.3 is 0 Å². The SMILES string of the molecule is COc1cc(C(=O)NCCCc2nc3ccccc3n2CC(=O)N(C2CCCCC2)C2CCCCC2)cc(OC)c1OC. The highest BCUT2D eigenvalue weighted by molar-refractivity contribution is 5.95. The molecule has 5 rings (SSSR count). The molecule has 0 bridgehead atoms. The summed E-state index contributed by atoms with van der Waals surface area (Å²) < 4.78 is 18.3. The number of carbonyl (C=O) groups excluding carboxylic acids is 2. The van der Waals surface area contributed by atoms with Crippen molar-refractivity contribution in [3.63, 3.8) is 0 Å². The van der Waals surface area contributed by atoms with Gasteiger partial charge in [-0.2, -0.15) is 0 Å². The molecular formula is C34H46N4O5. The summed E-state index contributed by atoms with van der Waals surface area (Å²) in [6, 6.07) is 12.0. The van der Waals surface area contributed by atoms with Crippen LogP contribution in [-0.2, 0) is 17.8 Å². The lowest BCUT2D eigenvalue weighted by Gasteiger charge is -2.42. The summed E-state index contributed by atoms with van der Waals surface area (Å²) in [5.74, 6) is 2.18. The number of aromatic nitrogens is 2. The molecule has 2 aliphatic rings. The lowest BCUT2D eigenvalue weighted by Crippen LogP contribution is -2.50. The van der Waals surface area contributed by atoms with Gasteiger partial charge in [-0.3, -0.25) is 9.59 Å². The molecule has 1 heterocycles. The summed E-state index contributed by atoms with van der Waals surface area (Å²) in [5, 5.41) is 3.00. The zero-order valence-corrected chi connectivity index (χ0v) is 25.9. The molecule has 3 aromatic rings. The van der Waals surface area contributed by atoms with E-state index in [-0.39, 0.29) is 11.8 Å². The second-order valence-electron chi connectivity index (χ2n) is 11.8. The molecule has 1 N–H and O–H groups in total. The minimum atomic E-state index is -0.224. The van der Waals surface area contributed by atoms with E-state index < -0.39 is 0 Å². The van der Waals surface area contributed by atoms with Gasteiger partial charge in [0.2, 0.25) is 11.7 Å². The van der Waals surface area contributed by atoms with Gasteiger partial charge in [0, 0.05) is 30.6 Å². The fourth-order valence-electron chi connectivity index (χ4n) is 6.90. The van der Waals surface area contributed by atoms with Crippen LogP contribution >= 0.6 is 0 Å². The molecule has 1 aromatic heterocycles. The summed E-state index contributed by atoms with van der Waals surface area (Å²) in [6.07, 6.45) is 13.2. The standard InChI is InChI=1S/C34H46N4O5/c1-41-29-21-24(22-30(42-2)33(29)43-3)34(40)35-20-12-19-31-36-27-17-10-11-18-28(27)37(31)23-32(39)38(25-13-6-4-7-14-25)26-15-8-5-9-16-26/h10-11,17-18,21-22,25-26H,4-9,12-16,19-20,23H2,1-3H3,(H,35,40). The molecule has 2 fully saturated rings. The molecular weight excluding hydrogens is 544 g/mol. The predicted molar refractivity (Wildman–Crippen MR) is 167 cm³/mol. The van der Waals surface area contributed by atoms with Gasteiger partial charge in [0.15, 0.2) is 11.5 Å². The van der Waals surface area contributed by atoms with Gasteiger partial charge in [-0.15, -0.1) is 0 Å². The molecule has 0 atom stereocenters. The summed E-state index contributed by atoms with van der Waals surface area (Å²) >= 11 is 0. The van der Waals surface area contributed by atoms with Crippen LogP contribution in [0.3, 0.4) is 0 Å². The quantitative estimate of drug-likeness (QED) is 0.263. The number of para-hydroxylation sites is 2. The van der Waals surface area contributed by atoms with E-state index in [0.29, 0.717) is 60.8 Å². The monoisotopic (exact) mass is 590 g/mol. The Labute approximate surface area is 254 Å². The number of nitrogens with one attached hydrogen (secondary N) is 1. The van der Waals surface area contributed by atoms with Crippen molar-refractivity contribution in [2.45, 2.75) is 95.7 Å².